The van der Waals surface area contributed by atoms with Crippen molar-refractivity contribution in [3.63, 3.8) is 0 Å². The molecule has 0 unspecified atom stereocenters. The summed E-state index contributed by atoms with van der Waals surface area (Å²) in [6.45, 7) is 6.84. The van der Waals surface area contributed by atoms with Crippen molar-refractivity contribution >= 4 is 11.0 Å². The van der Waals surface area contributed by atoms with Gasteiger partial charge in [-0.15, -0.1) is 0 Å². The van der Waals surface area contributed by atoms with Crippen LogP contribution in [0.5, 0.6) is 17.2 Å². The largest absolute Gasteiger partial charge is 0.507 e. The number of piperazine rings is 1. The number of fused-ring (bicyclic) bond motifs is 1. The number of phenolic OH excluding ortho intramolecular Hbond substituents is 1. The summed E-state index contributed by atoms with van der Waals surface area (Å²) in [5, 5.41) is 11.2. The highest BCUT2D eigenvalue weighted by Crippen LogP contribution is 2.35. The van der Waals surface area contributed by atoms with Gasteiger partial charge in [0.05, 0.1) is 30.7 Å². The second-order valence-electron chi connectivity index (χ2n) is 9.41. The number of rotatable bonds is 7. The topological polar surface area (TPSA) is 75.4 Å². The molecule has 0 bridgehead atoms. The number of hydrogen-bond acceptors (Lipinski definition) is 7. The van der Waals surface area contributed by atoms with Gasteiger partial charge in [0, 0.05) is 39.3 Å². The van der Waals surface area contributed by atoms with Crippen molar-refractivity contribution in [3.05, 3.63) is 87.8 Å². The van der Waals surface area contributed by atoms with Crippen molar-refractivity contribution in [3.8, 4) is 28.4 Å². The number of methoxy groups -OCH3 is 2. The van der Waals surface area contributed by atoms with Gasteiger partial charge >= 0.3 is 0 Å². The molecule has 192 valence electrons. The molecule has 1 aliphatic heterocycles. The lowest BCUT2D eigenvalue weighted by molar-refractivity contribution is 0.121. The van der Waals surface area contributed by atoms with Crippen LogP contribution >= 0.6 is 0 Å². The Kier molecular flexibility index (Phi) is 7.17. The predicted octanol–water partition coefficient (Wildman–Crippen LogP) is 4.81. The van der Waals surface area contributed by atoms with E-state index >= 15 is 0 Å². The smallest absolute Gasteiger partial charge is 0.200 e. The summed E-state index contributed by atoms with van der Waals surface area (Å²) >= 11 is 0. The van der Waals surface area contributed by atoms with Crippen LogP contribution in [0, 0.1) is 6.92 Å². The molecule has 1 aliphatic rings. The predicted molar refractivity (Wildman–Crippen MR) is 144 cm³/mol. The number of benzene rings is 3. The van der Waals surface area contributed by atoms with Gasteiger partial charge in [-0.05, 0) is 42.3 Å². The number of phenols is 1. The van der Waals surface area contributed by atoms with Crippen molar-refractivity contribution in [2.45, 2.75) is 20.0 Å². The second-order valence-corrected chi connectivity index (χ2v) is 9.41. The number of aromatic hydroxyl groups is 1. The average Bonchev–Trinajstić information content (AvgIpc) is 2.92. The Hall–Kier alpha value is -3.81. The molecule has 4 aromatic rings. The zero-order valence-electron chi connectivity index (χ0n) is 21.5. The van der Waals surface area contributed by atoms with Crippen LogP contribution in [0.25, 0.3) is 22.1 Å². The van der Waals surface area contributed by atoms with E-state index in [9.17, 15) is 9.90 Å². The molecule has 0 aliphatic carbocycles. The van der Waals surface area contributed by atoms with Crippen molar-refractivity contribution < 1.29 is 19.0 Å². The lowest BCUT2D eigenvalue weighted by atomic mass is 10.00. The zero-order valence-corrected chi connectivity index (χ0v) is 21.5. The van der Waals surface area contributed by atoms with E-state index in [4.69, 9.17) is 13.9 Å². The first-order valence-corrected chi connectivity index (χ1v) is 12.5. The van der Waals surface area contributed by atoms with Gasteiger partial charge in [0.25, 0.3) is 0 Å². The summed E-state index contributed by atoms with van der Waals surface area (Å²) in [5.74, 6) is 1.76. The second kappa shape index (κ2) is 10.7. The number of nitrogens with zero attached hydrogens (tertiary/aromatic N) is 2. The van der Waals surface area contributed by atoms with Crippen LogP contribution in [0.2, 0.25) is 0 Å². The summed E-state index contributed by atoms with van der Waals surface area (Å²) in [6, 6.07) is 19.1. The molecular weight excluding hydrogens is 468 g/mol. The van der Waals surface area contributed by atoms with Crippen LogP contribution in [0.15, 0.2) is 69.9 Å². The summed E-state index contributed by atoms with van der Waals surface area (Å²) in [4.78, 5) is 18.4. The van der Waals surface area contributed by atoms with Crippen molar-refractivity contribution in [2.75, 3.05) is 40.4 Å². The Balaban J connectivity index is 1.41. The van der Waals surface area contributed by atoms with E-state index in [1.807, 2.05) is 12.1 Å². The van der Waals surface area contributed by atoms with E-state index in [-0.39, 0.29) is 11.2 Å². The molecule has 7 nitrogen and oxygen atoms in total. The summed E-state index contributed by atoms with van der Waals surface area (Å²) < 4.78 is 17.0. The average molecular weight is 501 g/mol. The molecule has 0 atom stereocenters. The van der Waals surface area contributed by atoms with Crippen molar-refractivity contribution in [1.29, 1.82) is 0 Å². The molecule has 0 radical (unpaired) electrons. The van der Waals surface area contributed by atoms with E-state index in [1.54, 1.807) is 45.4 Å². The molecule has 0 saturated carbocycles. The Labute approximate surface area is 216 Å². The van der Waals surface area contributed by atoms with Gasteiger partial charge in [0.15, 0.2) is 11.5 Å². The van der Waals surface area contributed by atoms with E-state index in [1.165, 1.54) is 5.56 Å². The molecule has 1 saturated heterocycles. The van der Waals surface area contributed by atoms with Gasteiger partial charge in [-0.1, -0.05) is 36.4 Å². The molecule has 1 fully saturated rings. The minimum atomic E-state index is -0.139. The molecule has 3 aromatic carbocycles. The molecule has 7 heteroatoms. The highest BCUT2D eigenvalue weighted by Gasteiger charge is 2.23. The number of ether oxygens (including phenoxy) is 2. The third kappa shape index (κ3) is 5.05. The first kappa shape index (κ1) is 24.9. The normalized spacial score (nSPS) is 14.7. The van der Waals surface area contributed by atoms with Crippen LogP contribution in [0.1, 0.15) is 16.9 Å². The molecule has 2 heterocycles. The Morgan fingerprint density at radius 2 is 1.54 bits per heavy atom. The highest BCUT2D eigenvalue weighted by molar-refractivity contribution is 5.87. The lowest BCUT2D eigenvalue weighted by Crippen LogP contribution is -2.45. The van der Waals surface area contributed by atoms with Gasteiger partial charge in [-0.2, -0.15) is 0 Å². The first-order valence-electron chi connectivity index (χ1n) is 12.5. The van der Waals surface area contributed by atoms with Gasteiger partial charge < -0.3 is 19.0 Å². The van der Waals surface area contributed by atoms with Crippen LogP contribution in [-0.4, -0.2) is 55.3 Å². The highest BCUT2D eigenvalue weighted by atomic mass is 16.5. The monoisotopic (exact) mass is 500 g/mol. The fourth-order valence-corrected chi connectivity index (χ4v) is 5.06. The molecule has 1 N–H and O–H groups in total. The number of hydrogen-bond donors (Lipinski definition) is 1. The Bertz CT molecular complexity index is 1460. The maximum Gasteiger partial charge on any atom is 0.200 e. The van der Waals surface area contributed by atoms with Crippen molar-refractivity contribution in [2.24, 2.45) is 0 Å². The summed E-state index contributed by atoms with van der Waals surface area (Å²) in [6.07, 6.45) is 0. The van der Waals surface area contributed by atoms with Crippen LogP contribution < -0.4 is 14.9 Å². The summed E-state index contributed by atoms with van der Waals surface area (Å²) in [7, 11) is 3.14. The van der Waals surface area contributed by atoms with Gasteiger partial charge in [0.2, 0.25) is 5.43 Å². The van der Waals surface area contributed by atoms with Gasteiger partial charge in [-0.3, -0.25) is 14.6 Å². The first-order chi connectivity index (χ1) is 18.0. The molecule has 1 aromatic heterocycles. The summed E-state index contributed by atoms with van der Waals surface area (Å²) in [5.41, 5.74) is 3.42. The van der Waals surface area contributed by atoms with Crippen LogP contribution in [-0.2, 0) is 13.1 Å². The van der Waals surface area contributed by atoms with Crippen LogP contribution in [0.3, 0.4) is 0 Å². The Morgan fingerprint density at radius 1 is 0.865 bits per heavy atom. The maximum atomic E-state index is 13.6. The lowest BCUT2D eigenvalue weighted by Gasteiger charge is -2.34. The fourth-order valence-electron chi connectivity index (χ4n) is 5.06. The quantitative estimate of drug-likeness (QED) is 0.390. The standard InChI is InChI=1S/C30H32N2O5/c1-20-28(22-9-12-26(35-2)27(17-22)36-3)29(34)23-10-11-25(33)24(30(23)37-20)19-32-15-13-31(14-16-32)18-21-7-5-4-6-8-21/h4-12,17,33H,13-16,18-19H2,1-3H3. The molecule has 0 amide bonds. The van der Waals surface area contributed by atoms with Crippen molar-refractivity contribution in [1.82, 2.24) is 9.80 Å². The fraction of sp³-hybridized carbons (Fsp3) is 0.300. The third-order valence-electron chi connectivity index (χ3n) is 7.08. The third-order valence-corrected chi connectivity index (χ3v) is 7.08. The molecular formula is C30H32N2O5. The van der Waals surface area contributed by atoms with E-state index < -0.39 is 0 Å². The molecule has 0 spiro atoms. The molecule has 5 rings (SSSR count). The molecule has 37 heavy (non-hydrogen) atoms. The maximum absolute atomic E-state index is 13.6. The van der Waals surface area contributed by atoms with E-state index in [0.717, 1.165) is 32.7 Å². The Morgan fingerprint density at radius 3 is 2.22 bits per heavy atom. The van der Waals surface area contributed by atoms with Gasteiger partial charge in [0.1, 0.15) is 17.1 Å². The van der Waals surface area contributed by atoms with Crippen LogP contribution in [0.4, 0.5) is 0 Å². The minimum Gasteiger partial charge on any atom is -0.507 e. The number of aryl methyl sites for hydroxylation is 1. The van der Waals surface area contributed by atoms with E-state index in [0.29, 0.717) is 51.5 Å². The zero-order chi connectivity index (χ0) is 25.9. The van der Waals surface area contributed by atoms with E-state index in [2.05, 4.69) is 34.1 Å². The SMILES string of the molecule is COc1ccc(-c2c(C)oc3c(CN4CCN(Cc5ccccc5)CC4)c(O)ccc3c2=O)cc1OC. The van der Waals surface area contributed by atoms with Gasteiger partial charge in [-0.25, -0.2) is 0 Å². The minimum absolute atomic E-state index is 0.139.